The Morgan fingerprint density at radius 3 is 2.67 bits per heavy atom. The lowest BCUT2D eigenvalue weighted by molar-refractivity contribution is 0.416. The molecule has 0 aliphatic heterocycles. The second kappa shape index (κ2) is 7.43. The highest BCUT2D eigenvalue weighted by Crippen LogP contribution is 2.34. The molecule has 2 rings (SSSR count). The Hall–Kier alpha value is -1.58. The van der Waals surface area contributed by atoms with Gasteiger partial charge in [-0.1, -0.05) is 24.6 Å². The van der Waals surface area contributed by atoms with E-state index in [9.17, 15) is 4.39 Å². The molecule has 21 heavy (non-hydrogen) atoms. The fourth-order valence-electron chi connectivity index (χ4n) is 2.26. The molecule has 0 aliphatic rings. The highest BCUT2D eigenvalue weighted by molar-refractivity contribution is 6.31. The average Bonchev–Trinajstić information content (AvgIpc) is 2.48. The Labute approximate surface area is 129 Å². The van der Waals surface area contributed by atoms with E-state index in [0.717, 1.165) is 35.4 Å². The predicted molar refractivity (Wildman–Crippen MR) is 85.4 cm³/mol. The molecule has 2 aromatic carbocycles. The first-order chi connectivity index (χ1) is 10.2. The van der Waals surface area contributed by atoms with Gasteiger partial charge in [0.15, 0.2) is 0 Å². The monoisotopic (exact) mass is 307 g/mol. The lowest BCUT2D eigenvalue weighted by atomic mass is 9.98. The van der Waals surface area contributed by atoms with Crippen LogP contribution >= 0.6 is 11.6 Å². The standard InChI is InChI=1S/C17H19ClFNO/c1-3-8-20-11-12-9-14(19)5-6-15(12)16-10-13(18)4-7-17(16)21-2/h4-7,9-10,20H,3,8,11H2,1-2H3. The highest BCUT2D eigenvalue weighted by Gasteiger charge is 2.12. The molecule has 0 saturated carbocycles. The van der Waals surface area contributed by atoms with Crippen molar-refractivity contribution < 1.29 is 9.13 Å². The van der Waals surface area contributed by atoms with Gasteiger partial charge in [0.05, 0.1) is 7.11 Å². The number of hydrogen-bond acceptors (Lipinski definition) is 2. The Morgan fingerprint density at radius 1 is 1.14 bits per heavy atom. The first-order valence-electron chi connectivity index (χ1n) is 6.98. The van der Waals surface area contributed by atoms with E-state index in [4.69, 9.17) is 16.3 Å². The number of ether oxygens (including phenoxy) is 1. The fraction of sp³-hybridized carbons (Fsp3) is 0.294. The van der Waals surface area contributed by atoms with Crippen LogP contribution in [0.2, 0.25) is 5.02 Å². The Bertz CT molecular complexity index is 616. The van der Waals surface area contributed by atoms with Gasteiger partial charge in [-0.25, -0.2) is 4.39 Å². The van der Waals surface area contributed by atoms with E-state index in [1.807, 2.05) is 12.1 Å². The minimum Gasteiger partial charge on any atom is -0.496 e. The van der Waals surface area contributed by atoms with Gasteiger partial charge in [-0.15, -0.1) is 0 Å². The number of benzene rings is 2. The summed E-state index contributed by atoms with van der Waals surface area (Å²) in [4.78, 5) is 0. The third-order valence-electron chi connectivity index (χ3n) is 3.26. The van der Waals surface area contributed by atoms with E-state index >= 15 is 0 Å². The number of methoxy groups -OCH3 is 1. The molecule has 0 aromatic heterocycles. The summed E-state index contributed by atoms with van der Waals surface area (Å²) < 4.78 is 18.9. The molecule has 1 N–H and O–H groups in total. The van der Waals surface area contributed by atoms with Crippen molar-refractivity contribution >= 4 is 11.6 Å². The normalized spacial score (nSPS) is 10.7. The van der Waals surface area contributed by atoms with Crippen molar-refractivity contribution in [3.63, 3.8) is 0 Å². The van der Waals surface area contributed by atoms with Crippen LogP contribution in [-0.2, 0) is 6.54 Å². The molecule has 0 saturated heterocycles. The zero-order valence-corrected chi connectivity index (χ0v) is 13.0. The molecule has 0 bridgehead atoms. The van der Waals surface area contributed by atoms with Gasteiger partial charge < -0.3 is 10.1 Å². The smallest absolute Gasteiger partial charge is 0.126 e. The van der Waals surface area contributed by atoms with Crippen molar-refractivity contribution in [2.24, 2.45) is 0 Å². The van der Waals surface area contributed by atoms with E-state index in [1.54, 1.807) is 25.3 Å². The summed E-state index contributed by atoms with van der Waals surface area (Å²) in [5, 5.41) is 3.93. The minimum atomic E-state index is -0.243. The molecule has 4 heteroatoms. The van der Waals surface area contributed by atoms with Gasteiger partial charge in [0.1, 0.15) is 11.6 Å². The highest BCUT2D eigenvalue weighted by atomic mass is 35.5. The third kappa shape index (κ3) is 3.96. The van der Waals surface area contributed by atoms with Crippen LogP contribution in [0.15, 0.2) is 36.4 Å². The van der Waals surface area contributed by atoms with Gasteiger partial charge in [-0.3, -0.25) is 0 Å². The zero-order valence-electron chi connectivity index (χ0n) is 12.2. The van der Waals surface area contributed by atoms with E-state index in [2.05, 4.69) is 12.2 Å². The molecule has 0 fully saturated rings. The molecule has 112 valence electrons. The first kappa shape index (κ1) is 15.8. The van der Waals surface area contributed by atoms with E-state index in [1.165, 1.54) is 6.07 Å². The van der Waals surface area contributed by atoms with E-state index in [-0.39, 0.29) is 5.82 Å². The number of rotatable bonds is 6. The molecule has 2 aromatic rings. The van der Waals surface area contributed by atoms with E-state index in [0.29, 0.717) is 11.6 Å². The molecule has 0 radical (unpaired) electrons. The van der Waals surface area contributed by atoms with Crippen LogP contribution in [0.25, 0.3) is 11.1 Å². The van der Waals surface area contributed by atoms with Gasteiger partial charge in [0.2, 0.25) is 0 Å². The molecule has 0 unspecified atom stereocenters. The molecule has 0 aliphatic carbocycles. The maximum atomic E-state index is 13.5. The third-order valence-corrected chi connectivity index (χ3v) is 3.50. The maximum absolute atomic E-state index is 13.5. The second-order valence-electron chi connectivity index (χ2n) is 4.82. The van der Waals surface area contributed by atoms with Crippen LogP contribution < -0.4 is 10.1 Å². The molecule has 2 nitrogen and oxygen atoms in total. The lowest BCUT2D eigenvalue weighted by Gasteiger charge is -2.14. The summed E-state index contributed by atoms with van der Waals surface area (Å²) in [6.07, 6.45) is 1.03. The average molecular weight is 308 g/mol. The van der Waals surface area contributed by atoms with Crippen molar-refractivity contribution in [1.29, 1.82) is 0 Å². The van der Waals surface area contributed by atoms with Crippen molar-refractivity contribution in [3.8, 4) is 16.9 Å². The number of hydrogen-bond donors (Lipinski definition) is 1. The fourth-order valence-corrected chi connectivity index (χ4v) is 2.43. The zero-order chi connectivity index (χ0) is 15.2. The van der Waals surface area contributed by atoms with Crippen LogP contribution in [0, 0.1) is 5.82 Å². The molecule has 0 amide bonds. The molecule has 0 heterocycles. The van der Waals surface area contributed by atoms with Crippen LogP contribution in [0.5, 0.6) is 5.75 Å². The summed E-state index contributed by atoms with van der Waals surface area (Å²) in [6.45, 7) is 3.60. The van der Waals surface area contributed by atoms with Crippen LogP contribution in [-0.4, -0.2) is 13.7 Å². The van der Waals surface area contributed by atoms with E-state index < -0.39 is 0 Å². The Morgan fingerprint density at radius 2 is 1.95 bits per heavy atom. The molecular weight excluding hydrogens is 289 g/mol. The quantitative estimate of drug-likeness (QED) is 0.784. The summed E-state index contributed by atoms with van der Waals surface area (Å²) >= 11 is 6.09. The summed E-state index contributed by atoms with van der Waals surface area (Å²) in [6, 6.07) is 10.2. The summed E-state index contributed by atoms with van der Waals surface area (Å²) in [5.74, 6) is 0.482. The van der Waals surface area contributed by atoms with Gasteiger partial charge >= 0.3 is 0 Å². The van der Waals surface area contributed by atoms with Crippen LogP contribution in [0.3, 0.4) is 0 Å². The lowest BCUT2D eigenvalue weighted by Crippen LogP contribution is -2.14. The minimum absolute atomic E-state index is 0.243. The van der Waals surface area contributed by atoms with Gasteiger partial charge in [0, 0.05) is 17.1 Å². The summed E-state index contributed by atoms with van der Waals surface area (Å²) in [7, 11) is 1.62. The molecular formula is C17H19ClFNO. The van der Waals surface area contributed by atoms with Crippen molar-refractivity contribution in [2.75, 3.05) is 13.7 Å². The first-order valence-corrected chi connectivity index (χ1v) is 7.36. The second-order valence-corrected chi connectivity index (χ2v) is 5.26. The SMILES string of the molecule is CCCNCc1cc(F)ccc1-c1cc(Cl)ccc1OC. The van der Waals surface area contributed by atoms with Crippen molar-refractivity contribution in [1.82, 2.24) is 5.32 Å². The Balaban J connectivity index is 2.45. The topological polar surface area (TPSA) is 21.3 Å². The summed E-state index contributed by atoms with van der Waals surface area (Å²) in [5.41, 5.74) is 2.70. The molecule has 0 atom stereocenters. The van der Waals surface area contributed by atoms with Crippen LogP contribution in [0.1, 0.15) is 18.9 Å². The van der Waals surface area contributed by atoms with Gasteiger partial charge in [-0.2, -0.15) is 0 Å². The Kier molecular flexibility index (Phi) is 5.59. The predicted octanol–water partition coefficient (Wildman–Crippen LogP) is 4.65. The largest absolute Gasteiger partial charge is 0.496 e. The number of nitrogens with one attached hydrogen (secondary N) is 1. The van der Waals surface area contributed by atoms with Gasteiger partial charge in [0.25, 0.3) is 0 Å². The van der Waals surface area contributed by atoms with Crippen molar-refractivity contribution in [2.45, 2.75) is 19.9 Å². The van der Waals surface area contributed by atoms with Crippen molar-refractivity contribution in [3.05, 3.63) is 52.8 Å². The number of halogens is 2. The maximum Gasteiger partial charge on any atom is 0.126 e. The molecule has 0 spiro atoms. The van der Waals surface area contributed by atoms with Crippen LogP contribution in [0.4, 0.5) is 4.39 Å². The van der Waals surface area contributed by atoms with Gasteiger partial charge in [-0.05, 0) is 54.4 Å².